The summed E-state index contributed by atoms with van der Waals surface area (Å²) in [5.74, 6) is 0.620. The summed E-state index contributed by atoms with van der Waals surface area (Å²) >= 11 is 6.04. The number of hydrogen-bond acceptors (Lipinski definition) is 2. The van der Waals surface area contributed by atoms with Crippen LogP contribution >= 0.6 is 11.6 Å². The lowest BCUT2D eigenvalue weighted by Gasteiger charge is -2.37. The first-order valence-corrected chi connectivity index (χ1v) is 7.84. The van der Waals surface area contributed by atoms with Crippen LogP contribution in [-0.2, 0) is 6.42 Å². The first kappa shape index (κ1) is 14.4. The lowest BCUT2D eigenvalue weighted by molar-refractivity contribution is 0.299. The Labute approximate surface area is 130 Å². The van der Waals surface area contributed by atoms with Crippen LogP contribution < -0.4 is 5.32 Å². The standard InChI is InChI=1S/C18H20ClNO/c19-16-3-1-2-14(10-16)15-11-18(12-15)20-17-6-4-13(5-7-17)8-9-21/h1-7,10,15,18,20-21H,8-9,11-12H2. The van der Waals surface area contributed by atoms with Gasteiger partial charge in [-0.2, -0.15) is 0 Å². The van der Waals surface area contributed by atoms with E-state index < -0.39 is 0 Å². The van der Waals surface area contributed by atoms with Crippen LogP contribution in [0.5, 0.6) is 0 Å². The van der Waals surface area contributed by atoms with E-state index in [9.17, 15) is 0 Å². The zero-order chi connectivity index (χ0) is 14.7. The summed E-state index contributed by atoms with van der Waals surface area (Å²) in [6.45, 7) is 0.205. The molecule has 0 radical (unpaired) electrons. The zero-order valence-corrected chi connectivity index (χ0v) is 12.7. The van der Waals surface area contributed by atoms with E-state index in [2.05, 4.69) is 41.7 Å². The van der Waals surface area contributed by atoms with E-state index in [0.717, 1.165) is 30.0 Å². The van der Waals surface area contributed by atoms with Gasteiger partial charge in [-0.3, -0.25) is 0 Å². The van der Waals surface area contributed by atoms with E-state index in [0.29, 0.717) is 12.0 Å². The van der Waals surface area contributed by atoms with Crippen molar-refractivity contribution in [2.45, 2.75) is 31.2 Å². The molecule has 1 saturated carbocycles. The molecular formula is C18H20ClNO. The Morgan fingerprint density at radius 3 is 2.52 bits per heavy atom. The molecule has 3 rings (SSSR count). The van der Waals surface area contributed by atoms with E-state index in [1.165, 1.54) is 11.1 Å². The van der Waals surface area contributed by atoms with Gasteiger partial charge in [-0.15, -0.1) is 0 Å². The molecule has 0 unspecified atom stereocenters. The molecule has 0 aliphatic heterocycles. The number of aliphatic hydroxyl groups is 1. The van der Waals surface area contributed by atoms with Crippen LogP contribution in [0.2, 0.25) is 5.02 Å². The molecule has 1 aliphatic rings. The Kier molecular flexibility index (Phi) is 4.47. The lowest BCUT2D eigenvalue weighted by atomic mass is 9.76. The van der Waals surface area contributed by atoms with Gasteiger partial charge in [0, 0.05) is 23.4 Å². The molecule has 0 spiro atoms. The maximum absolute atomic E-state index is 8.91. The largest absolute Gasteiger partial charge is 0.396 e. The normalized spacial score (nSPS) is 20.9. The highest BCUT2D eigenvalue weighted by molar-refractivity contribution is 6.30. The van der Waals surface area contributed by atoms with Crippen LogP contribution in [-0.4, -0.2) is 17.8 Å². The van der Waals surface area contributed by atoms with Gasteiger partial charge in [0.2, 0.25) is 0 Å². The third kappa shape index (κ3) is 3.58. The quantitative estimate of drug-likeness (QED) is 0.866. The second kappa shape index (κ2) is 6.50. The molecule has 2 nitrogen and oxygen atoms in total. The van der Waals surface area contributed by atoms with E-state index in [4.69, 9.17) is 16.7 Å². The average molecular weight is 302 g/mol. The summed E-state index contributed by atoms with van der Waals surface area (Å²) in [7, 11) is 0. The Hall–Kier alpha value is -1.51. The second-order valence-electron chi connectivity index (χ2n) is 5.74. The number of halogens is 1. The monoisotopic (exact) mass is 301 g/mol. The highest BCUT2D eigenvalue weighted by Crippen LogP contribution is 2.39. The van der Waals surface area contributed by atoms with Crippen LogP contribution in [0.25, 0.3) is 0 Å². The third-order valence-electron chi connectivity index (χ3n) is 4.18. The average Bonchev–Trinajstić information content (AvgIpc) is 2.44. The molecule has 2 N–H and O–H groups in total. The molecule has 0 bridgehead atoms. The van der Waals surface area contributed by atoms with E-state index in [1.807, 2.05) is 12.1 Å². The van der Waals surface area contributed by atoms with Crippen molar-refractivity contribution in [3.8, 4) is 0 Å². The molecule has 0 atom stereocenters. The fourth-order valence-electron chi connectivity index (χ4n) is 2.90. The molecule has 0 aromatic heterocycles. The minimum Gasteiger partial charge on any atom is -0.396 e. The van der Waals surface area contributed by atoms with Crippen LogP contribution in [0.4, 0.5) is 5.69 Å². The van der Waals surface area contributed by atoms with Gasteiger partial charge in [-0.05, 0) is 60.6 Å². The maximum Gasteiger partial charge on any atom is 0.0471 e. The van der Waals surface area contributed by atoms with Crippen molar-refractivity contribution in [3.05, 3.63) is 64.7 Å². The van der Waals surface area contributed by atoms with Gasteiger partial charge in [0.25, 0.3) is 0 Å². The number of rotatable bonds is 5. The number of benzene rings is 2. The summed E-state index contributed by atoms with van der Waals surface area (Å²) in [4.78, 5) is 0. The Morgan fingerprint density at radius 2 is 1.86 bits per heavy atom. The summed E-state index contributed by atoms with van der Waals surface area (Å²) in [5.41, 5.74) is 3.68. The second-order valence-corrected chi connectivity index (χ2v) is 6.17. The van der Waals surface area contributed by atoms with Gasteiger partial charge >= 0.3 is 0 Å². The first-order valence-electron chi connectivity index (χ1n) is 7.46. The summed E-state index contributed by atoms with van der Waals surface area (Å²) in [6, 6.07) is 17.1. The van der Waals surface area contributed by atoms with Crippen LogP contribution in [0.1, 0.15) is 29.9 Å². The minimum atomic E-state index is 0.205. The molecule has 1 aliphatic carbocycles. The molecule has 110 valence electrons. The van der Waals surface area contributed by atoms with Crippen molar-refractivity contribution in [3.63, 3.8) is 0 Å². The Morgan fingerprint density at radius 1 is 1.10 bits per heavy atom. The minimum absolute atomic E-state index is 0.205. The van der Waals surface area contributed by atoms with Crippen molar-refractivity contribution < 1.29 is 5.11 Å². The number of nitrogens with one attached hydrogen (secondary N) is 1. The predicted octanol–water partition coefficient (Wildman–Crippen LogP) is 4.23. The number of hydrogen-bond donors (Lipinski definition) is 2. The van der Waals surface area contributed by atoms with Crippen LogP contribution in [0.3, 0.4) is 0 Å². The molecule has 2 aromatic carbocycles. The zero-order valence-electron chi connectivity index (χ0n) is 11.9. The van der Waals surface area contributed by atoms with Crippen molar-refractivity contribution >= 4 is 17.3 Å². The van der Waals surface area contributed by atoms with Gasteiger partial charge in [0.1, 0.15) is 0 Å². The third-order valence-corrected chi connectivity index (χ3v) is 4.42. The lowest BCUT2D eigenvalue weighted by Crippen LogP contribution is -2.33. The summed E-state index contributed by atoms with van der Waals surface area (Å²) in [6.07, 6.45) is 3.03. The van der Waals surface area contributed by atoms with Gasteiger partial charge in [0.05, 0.1) is 0 Å². The molecule has 0 heterocycles. The molecular weight excluding hydrogens is 282 g/mol. The topological polar surface area (TPSA) is 32.3 Å². The molecule has 21 heavy (non-hydrogen) atoms. The van der Waals surface area contributed by atoms with Gasteiger partial charge < -0.3 is 10.4 Å². The van der Waals surface area contributed by atoms with Crippen molar-refractivity contribution in [1.29, 1.82) is 0 Å². The maximum atomic E-state index is 8.91. The predicted molar refractivity (Wildman–Crippen MR) is 88.1 cm³/mol. The molecule has 0 saturated heterocycles. The number of aliphatic hydroxyl groups excluding tert-OH is 1. The Bertz CT molecular complexity index is 590. The molecule has 2 aromatic rings. The molecule has 0 amide bonds. The molecule has 3 heteroatoms. The number of anilines is 1. The van der Waals surface area contributed by atoms with Gasteiger partial charge in [-0.25, -0.2) is 0 Å². The van der Waals surface area contributed by atoms with E-state index in [-0.39, 0.29) is 6.61 Å². The van der Waals surface area contributed by atoms with Crippen LogP contribution in [0, 0.1) is 0 Å². The molecule has 1 fully saturated rings. The van der Waals surface area contributed by atoms with Crippen LogP contribution in [0.15, 0.2) is 48.5 Å². The van der Waals surface area contributed by atoms with Crippen molar-refractivity contribution in [2.75, 3.05) is 11.9 Å². The van der Waals surface area contributed by atoms with Crippen molar-refractivity contribution in [2.24, 2.45) is 0 Å². The van der Waals surface area contributed by atoms with E-state index in [1.54, 1.807) is 0 Å². The fourth-order valence-corrected chi connectivity index (χ4v) is 3.10. The fraction of sp³-hybridized carbons (Fsp3) is 0.333. The highest BCUT2D eigenvalue weighted by Gasteiger charge is 2.30. The SMILES string of the molecule is OCCc1ccc(NC2CC(c3cccc(Cl)c3)C2)cc1. The Balaban J connectivity index is 1.52. The van der Waals surface area contributed by atoms with Crippen molar-refractivity contribution in [1.82, 2.24) is 0 Å². The first-order chi connectivity index (χ1) is 10.2. The van der Waals surface area contributed by atoms with Gasteiger partial charge in [-0.1, -0.05) is 35.9 Å². The van der Waals surface area contributed by atoms with E-state index >= 15 is 0 Å². The van der Waals surface area contributed by atoms with Gasteiger partial charge in [0.15, 0.2) is 0 Å². The smallest absolute Gasteiger partial charge is 0.0471 e. The summed E-state index contributed by atoms with van der Waals surface area (Å²) < 4.78 is 0. The summed E-state index contributed by atoms with van der Waals surface area (Å²) in [5, 5.41) is 13.3. The highest BCUT2D eigenvalue weighted by atomic mass is 35.5.